The molecule has 4 nitrogen and oxygen atoms in total. The summed E-state index contributed by atoms with van der Waals surface area (Å²) in [4.78, 5) is 27.0. The van der Waals surface area contributed by atoms with E-state index < -0.39 is 0 Å². The molecular formula is C13H16N2O2S. The summed E-state index contributed by atoms with van der Waals surface area (Å²) < 4.78 is 0. The number of Topliss-reactive ketones (excluding diaryl/α,β-unsaturated/α-hetero) is 1. The second-order valence-corrected chi connectivity index (χ2v) is 4.73. The van der Waals surface area contributed by atoms with E-state index in [2.05, 4.69) is 16.9 Å². The molecular weight excluding hydrogens is 248 g/mol. The predicted octanol–water partition coefficient (Wildman–Crippen LogP) is 2.07. The minimum absolute atomic E-state index is 0.00889. The number of hydrogen-bond acceptors (Lipinski definition) is 4. The lowest BCUT2D eigenvalue weighted by Gasteiger charge is -2.03. The SMILES string of the molecule is C=C(C)C(=O)CSc1ccc(C(=O)NCC)cn1. The van der Waals surface area contributed by atoms with E-state index in [1.807, 2.05) is 6.92 Å². The lowest BCUT2D eigenvalue weighted by atomic mass is 10.2. The van der Waals surface area contributed by atoms with Crippen LogP contribution < -0.4 is 5.32 Å². The number of thioether (sulfide) groups is 1. The molecule has 0 bridgehead atoms. The van der Waals surface area contributed by atoms with E-state index in [1.165, 1.54) is 18.0 Å². The van der Waals surface area contributed by atoms with Crippen LogP contribution in [0.15, 0.2) is 35.5 Å². The highest BCUT2D eigenvalue weighted by atomic mass is 32.2. The second-order valence-electron chi connectivity index (χ2n) is 3.74. The van der Waals surface area contributed by atoms with Crippen LogP contribution in [0.1, 0.15) is 24.2 Å². The van der Waals surface area contributed by atoms with Gasteiger partial charge in [0, 0.05) is 12.7 Å². The van der Waals surface area contributed by atoms with Gasteiger partial charge in [-0.15, -0.1) is 0 Å². The van der Waals surface area contributed by atoms with Crippen LogP contribution in [0, 0.1) is 0 Å². The van der Waals surface area contributed by atoms with Crippen molar-refractivity contribution in [1.82, 2.24) is 10.3 Å². The highest BCUT2D eigenvalue weighted by Crippen LogP contribution is 2.16. The fourth-order valence-corrected chi connectivity index (χ4v) is 1.94. The van der Waals surface area contributed by atoms with E-state index in [-0.39, 0.29) is 11.7 Å². The van der Waals surface area contributed by atoms with Crippen molar-refractivity contribution < 1.29 is 9.59 Å². The summed E-state index contributed by atoms with van der Waals surface area (Å²) in [6, 6.07) is 3.44. The van der Waals surface area contributed by atoms with E-state index >= 15 is 0 Å². The van der Waals surface area contributed by atoms with Gasteiger partial charge in [0.1, 0.15) is 0 Å². The second kappa shape index (κ2) is 6.96. The number of allylic oxidation sites excluding steroid dienone is 1. The Bertz CT molecular complexity index is 455. The van der Waals surface area contributed by atoms with E-state index in [1.54, 1.807) is 19.1 Å². The van der Waals surface area contributed by atoms with Crippen molar-refractivity contribution in [2.75, 3.05) is 12.3 Å². The van der Waals surface area contributed by atoms with E-state index in [4.69, 9.17) is 0 Å². The molecule has 1 N–H and O–H groups in total. The van der Waals surface area contributed by atoms with Crippen LogP contribution in [-0.2, 0) is 4.79 Å². The maximum atomic E-state index is 11.5. The number of nitrogens with one attached hydrogen (secondary N) is 1. The molecule has 0 aliphatic carbocycles. The predicted molar refractivity (Wildman–Crippen MR) is 72.8 cm³/mol. The van der Waals surface area contributed by atoms with Crippen LogP contribution in [0.25, 0.3) is 0 Å². The van der Waals surface area contributed by atoms with Gasteiger partial charge in [-0.25, -0.2) is 4.98 Å². The average Bonchev–Trinajstić information content (AvgIpc) is 2.36. The molecule has 0 aliphatic rings. The Morgan fingerprint density at radius 1 is 1.44 bits per heavy atom. The van der Waals surface area contributed by atoms with Gasteiger partial charge >= 0.3 is 0 Å². The van der Waals surface area contributed by atoms with Crippen molar-refractivity contribution in [2.45, 2.75) is 18.9 Å². The number of rotatable bonds is 6. The largest absolute Gasteiger partial charge is 0.352 e. The molecule has 0 atom stereocenters. The van der Waals surface area contributed by atoms with Gasteiger partial charge in [0.15, 0.2) is 5.78 Å². The standard InChI is InChI=1S/C13H16N2O2S/c1-4-14-13(17)10-5-6-12(15-7-10)18-8-11(16)9(2)3/h5-7H,2,4,8H2,1,3H3,(H,14,17). The van der Waals surface area contributed by atoms with Crippen molar-refractivity contribution in [3.8, 4) is 0 Å². The number of pyridine rings is 1. The Morgan fingerprint density at radius 3 is 2.67 bits per heavy atom. The fourth-order valence-electron chi connectivity index (χ4n) is 1.13. The first kappa shape index (κ1) is 14.4. The monoisotopic (exact) mass is 264 g/mol. The van der Waals surface area contributed by atoms with E-state index in [9.17, 15) is 9.59 Å². The van der Waals surface area contributed by atoms with Crippen LogP contribution in [0.5, 0.6) is 0 Å². The Morgan fingerprint density at radius 2 is 2.17 bits per heavy atom. The molecule has 18 heavy (non-hydrogen) atoms. The summed E-state index contributed by atoms with van der Waals surface area (Å²) in [7, 11) is 0. The van der Waals surface area contributed by atoms with Crippen molar-refractivity contribution in [3.05, 3.63) is 36.0 Å². The van der Waals surface area contributed by atoms with Gasteiger partial charge in [0.25, 0.3) is 5.91 Å². The molecule has 0 fully saturated rings. The number of nitrogens with zero attached hydrogens (tertiary/aromatic N) is 1. The summed E-state index contributed by atoms with van der Waals surface area (Å²) in [6.45, 7) is 7.72. The van der Waals surface area contributed by atoms with Crippen molar-refractivity contribution in [2.24, 2.45) is 0 Å². The highest BCUT2D eigenvalue weighted by molar-refractivity contribution is 7.99. The first-order valence-electron chi connectivity index (χ1n) is 5.60. The van der Waals surface area contributed by atoms with Crippen molar-refractivity contribution >= 4 is 23.5 Å². The summed E-state index contributed by atoms with van der Waals surface area (Å²) in [6.07, 6.45) is 1.51. The fraction of sp³-hybridized carbons (Fsp3) is 0.308. The number of aromatic nitrogens is 1. The van der Waals surface area contributed by atoms with E-state index in [0.29, 0.717) is 23.4 Å². The van der Waals surface area contributed by atoms with Crippen LogP contribution in [0.2, 0.25) is 0 Å². The smallest absolute Gasteiger partial charge is 0.252 e. The molecule has 1 amide bonds. The van der Waals surface area contributed by atoms with Gasteiger partial charge in [-0.2, -0.15) is 0 Å². The van der Waals surface area contributed by atoms with Crippen LogP contribution in [0.4, 0.5) is 0 Å². The zero-order chi connectivity index (χ0) is 13.5. The maximum absolute atomic E-state index is 11.5. The number of hydrogen-bond donors (Lipinski definition) is 1. The Labute approximate surface area is 111 Å². The molecule has 1 aromatic heterocycles. The molecule has 0 aromatic carbocycles. The molecule has 5 heteroatoms. The first-order chi connectivity index (χ1) is 8.54. The van der Waals surface area contributed by atoms with E-state index in [0.717, 1.165) is 5.03 Å². The minimum atomic E-state index is -0.139. The molecule has 0 radical (unpaired) electrons. The highest BCUT2D eigenvalue weighted by Gasteiger charge is 2.07. The number of ketones is 1. The van der Waals surface area contributed by atoms with Gasteiger partial charge in [-0.1, -0.05) is 18.3 Å². The van der Waals surface area contributed by atoms with Crippen LogP contribution in [-0.4, -0.2) is 29.0 Å². The Balaban J connectivity index is 2.58. The molecule has 1 heterocycles. The van der Waals surface area contributed by atoms with Gasteiger partial charge < -0.3 is 5.32 Å². The molecule has 0 unspecified atom stereocenters. The summed E-state index contributed by atoms with van der Waals surface area (Å²) in [5.41, 5.74) is 1.06. The normalized spacial score (nSPS) is 9.89. The lowest BCUT2D eigenvalue weighted by molar-refractivity contribution is -0.113. The third kappa shape index (κ3) is 4.33. The van der Waals surface area contributed by atoms with Crippen molar-refractivity contribution in [1.29, 1.82) is 0 Å². The third-order valence-corrected chi connectivity index (χ3v) is 3.11. The van der Waals surface area contributed by atoms with Gasteiger partial charge in [-0.3, -0.25) is 9.59 Å². The summed E-state index contributed by atoms with van der Waals surface area (Å²) in [5, 5.41) is 3.42. The van der Waals surface area contributed by atoms with Gasteiger partial charge in [0.2, 0.25) is 0 Å². The third-order valence-electron chi connectivity index (χ3n) is 2.16. The number of amides is 1. The molecule has 1 aromatic rings. The lowest BCUT2D eigenvalue weighted by Crippen LogP contribution is -2.22. The Kier molecular flexibility index (Phi) is 5.58. The molecule has 0 spiro atoms. The number of carbonyl (C=O) groups excluding carboxylic acids is 2. The van der Waals surface area contributed by atoms with Gasteiger partial charge in [0.05, 0.1) is 16.3 Å². The topological polar surface area (TPSA) is 59.1 Å². The Hall–Kier alpha value is -1.62. The molecule has 0 saturated carbocycles. The average molecular weight is 264 g/mol. The summed E-state index contributed by atoms with van der Waals surface area (Å²) in [5.74, 6) is 0.192. The quantitative estimate of drug-likeness (QED) is 0.631. The number of carbonyl (C=O) groups is 2. The summed E-state index contributed by atoms with van der Waals surface area (Å²) >= 11 is 1.34. The zero-order valence-electron chi connectivity index (χ0n) is 10.5. The first-order valence-corrected chi connectivity index (χ1v) is 6.59. The molecule has 0 saturated heterocycles. The molecule has 0 aliphatic heterocycles. The van der Waals surface area contributed by atoms with Crippen LogP contribution >= 0.6 is 11.8 Å². The minimum Gasteiger partial charge on any atom is -0.352 e. The zero-order valence-corrected chi connectivity index (χ0v) is 11.3. The maximum Gasteiger partial charge on any atom is 0.252 e. The van der Waals surface area contributed by atoms with Crippen molar-refractivity contribution in [3.63, 3.8) is 0 Å². The molecule has 96 valence electrons. The van der Waals surface area contributed by atoms with Crippen LogP contribution in [0.3, 0.4) is 0 Å². The molecule has 1 rings (SSSR count). The van der Waals surface area contributed by atoms with Gasteiger partial charge in [-0.05, 0) is 31.6 Å².